The second kappa shape index (κ2) is 13.4. The van der Waals surface area contributed by atoms with Crippen LogP contribution in [0.5, 0.6) is 0 Å². The van der Waals surface area contributed by atoms with E-state index >= 15 is 0 Å². The maximum absolute atomic E-state index is 9.75. The minimum absolute atomic E-state index is 0.446. The van der Waals surface area contributed by atoms with Gasteiger partial charge in [0.25, 0.3) is 0 Å². The Bertz CT molecular complexity index is 4610. The van der Waals surface area contributed by atoms with Crippen molar-refractivity contribution in [1.82, 2.24) is 0 Å². The summed E-state index contributed by atoms with van der Waals surface area (Å²) in [6, 6.07) is -35.4. The van der Waals surface area contributed by atoms with Crippen LogP contribution in [0.3, 0.4) is 0 Å². The topological polar surface area (TPSA) is 16.4 Å². The third-order valence-corrected chi connectivity index (χ3v) is 8.10. The highest BCUT2D eigenvalue weighted by molar-refractivity contribution is 6.24. The number of nitrogens with zero attached hydrogens (tertiary/aromatic N) is 1. The minimum atomic E-state index is -1.30. The van der Waals surface area contributed by atoms with Crippen LogP contribution in [-0.2, 0) is 0 Å². The average Bonchev–Trinajstić information content (AvgIpc) is 1.49. The maximum atomic E-state index is 9.75. The third kappa shape index (κ3) is 5.53. The number of rotatable bonds is 7. The van der Waals surface area contributed by atoms with Crippen molar-refractivity contribution in [2.75, 3.05) is 4.90 Å². The normalized spacial score (nSPS) is 20.1. The van der Waals surface area contributed by atoms with Gasteiger partial charge in [-0.25, -0.2) is 0 Å². The number of fused-ring (bicyclic) bond motifs is 5. The van der Waals surface area contributed by atoms with Gasteiger partial charge >= 0.3 is 0 Å². The Labute approximate surface area is 362 Å². The third-order valence-electron chi connectivity index (χ3n) is 8.10. The van der Waals surface area contributed by atoms with Gasteiger partial charge < -0.3 is 9.32 Å². The van der Waals surface area contributed by atoms with E-state index in [0.717, 1.165) is 6.07 Å². The van der Waals surface area contributed by atoms with Crippen molar-refractivity contribution >= 4 is 49.8 Å². The van der Waals surface area contributed by atoms with E-state index in [4.69, 9.17) is 34.6 Å². The molecule has 0 radical (unpaired) electrons. The molecule has 1 heterocycles. The molecule has 0 bridgehead atoms. The second-order valence-corrected chi connectivity index (χ2v) is 11.1. The zero-order valence-corrected chi connectivity index (χ0v) is 26.9. The molecule has 0 saturated carbocycles. The summed E-state index contributed by atoms with van der Waals surface area (Å²) in [5.41, 5.74) is -11.7. The fourth-order valence-corrected chi connectivity index (χ4v) is 5.80. The minimum Gasteiger partial charge on any atom is -0.455 e. The summed E-state index contributed by atoms with van der Waals surface area (Å²) < 4.78 is 312. The lowest BCUT2D eigenvalue weighted by Gasteiger charge is -2.27. The van der Waals surface area contributed by atoms with E-state index in [1.165, 1.54) is 0 Å². The van der Waals surface area contributed by atoms with Crippen LogP contribution in [0.25, 0.3) is 77.2 Å². The van der Waals surface area contributed by atoms with E-state index in [1.54, 1.807) is 0 Å². The number of hydrogen-bond donors (Lipinski definition) is 0. The lowest BCUT2D eigenvalue weighted by Crippen LogP contribution is -2.10. The predicted octanol–water partition coefficient (Wildman–Crippen LogP) is 14.9. The van der Waals surface area contributed by atoms with Crippen LogP contribution >= 0.6 is 0 Å². The van der Waals surface area contributed by atoms with Crippen LogP contribution in [0, 0.1) is 0 Å². The van der Waals surface area contributed by atoms with Crippen molar-refractivity contribution in [3.05, 3.63) is 212 Å². The van der Waals surface area contributed by atoms with E-state index < -0.39 is 300 Å². The van der Waals surface area contributed by atoms with Crippen molar-refractivity contribution in [2.45, 2.75) is 0 Å². The van der Waals surface area contributed by atoms with Crippen LogP contribution in [0.15, 0.2) is 216 Å². The molecule has 0 fully saturated rings. The molecule has 0 aliphatic heterocycles. The lowest BCUT2D eigenvalue weighted by atomic mass is 9.93. The molecule has 9 aromatic carbocycles. The number of hydrogen-bond acceptors (Lipinski definition) is 2. The molecule has 0 N–H and O–H groups in total. The SMILES string of the molecule is [2H]c1c([2H])c([2H])c(-c2c([2H])c([2H])c(N(c3c([2H])c([2H])c(-c4c([2H])c([2H])c([2H])c([2H])c4[2H])c([2H])c3[2H])c3cc4c(oc5c(-c6c([2H])c([2H])c([2H])c([2H])c6[2H])c([2H])c([2H])c(-c6c([2H])c([2H])c([2H])c([2H])c6[2H])c54)c4c([2H])c([2H])c([2H])c([2H])c34)c([2H])c2[2H])c([2H])c1[2H]. The first-order valence-electron chi connectivity index (χ1n) is 32.7. The zero-order chi connectivity index (χ0) is 65.4. The van der Waals surface area contributed by atoms with Gasteiger partial charge in [0.1, 0.15) is 11.2 Å². The molecular formula is C52H35NO. The maximum Gasteiger partial charge on any atom is 0.143 e. The van der Waals surface area contributed by atoms with Crippen molar-refractivity contribution < 1.29 is 51.0 Å². The Balaban J connectivity index is 1.53. The number of furan rings is 1. The first kappa shape index (κ1) is 12.2. The summed E-state index contributed by atoms with van der Waals surface area (Å²) in [6.07, 6.45) is 0. The van der Waals surface area contributed by atoms with Gasteiger partial charge in [0.15, 0.2) is 0 Å². The van der Waals surface area contributed by atoms with Gasteiger partial charge in [0.05, 0.1) is 52.3 Å². The summed E-state index contributed by atoms with van der Waals surface area (Å²) in [4.78, 5) is 0.446. The molecule has 0 unspecified atom stereocenters. The summed E-state index contributed by atoms with van der Waals surface area (Å²) >= 11 is 0. The highest BCUT2D eigenvalue weighted by Gasteiger charge is 2.23. The number of benzene rings is 9. The standard InChI is InChI=1S/C52H35NO/c1-5-15-36(16-6-1)38-25-29-42(30-26-38)53(43-31-27-39(28-32-43)37-17-7-2-8-18-37)49-35-48-50-44(40-19-9-3-10-20-40)33-34-45(41-21-11-4-12-22-41)52(50)54-51(48)47-24-14-13-23-46(47)49/h1-35H/i1D,2D,3D,4D,5D,6D,7D,8D,9D,10D,11D,12D,13D,14D,15D,16D,17D,18D,19D,20D,21D,22D,23D,24D,25D,26D,27D,28D,29D,30D,31D,32D,33D,34D. The van der Waals surface area contributed by atoms with E-state index in [-0.39, 0.29) is 0 Å². The summed E-state index contributed by atoms with van der Waals surface area (Å²) in [6.45, 7) is 0. The molecule has 254 valence electrons. The molecule has 10 rings (SSSR count). The zero-order valence-electron chi connectivity index (χ0n) is 60.9. The van der Waals surface area contributed by atoms with Crippen LogP contribution in [-0.4, -0.2) is 0 Å². The molecule has 0 amide bonds. The Morgan fingerprint density at radius 3 is 1.26 bits per heavy atom. The van der Waals surface area contributed by atoms with Gasteiger partial charge in [-0.15, -0.1) is 0 Å². The van der Waals surface area contributed by atoms with Crippen molar-refractivity contribution in [3.63, 3.8) is 0 Å². The van der Waals surface area contributed by atoms with Crippen molar-refractivity contribution in [2.24, 2.45) is 0 Å². The Morgan fingerprint density at radius 1 is 0.333 bits per heavy atom. The average molecular weight is 724 g/mol. The van der Waals surface area contributed by atoms with Gasteiger partial charge in [-0.05, 0) is 75.2 Å². The van der Waals surface area contributed by atoms with Crippen molar-refractivity contribution in [3.8, 4) is 44.5 Å². The Hall–Kier alpha value is -7.16. The van der Waals surface area contributed by atoms with Gasteiger partial charge in [-0.2, -0.15) is 0 Å². The highest BCUT2D eigenvalue weighted by atomic mass is 16.3. The fraction of sp³-hybridized carbons (Fsp3) is 0. The molecule has 0 spiro atoms. The highest BCUT2D eigenvalue weighted by Crippen LogP contribution is 2.48. The van der Waals surface area contributed by atoms with Gasteiger partial charge in [-0.1, -0.05) is 175 Å². The second-order valence-electron chi connectivity index (χ2n) is 11.1. The molecule has 0 atom stereocenters. The molecule has 2 nitrogen and oxygen atoms in total. The Morgan fingerprint density at radius 2 is 0.741 bits per heavy atom. The predicted molar refractivity (Wildman–Crippen MR) is 228 cm³/mol. The van der Waals surface area contributed by atoms with E-state index in [1.807, 2.05) is 0 Å². The van der Waals surface area contributed by atoms with Crippen LogP contribution in [0.1, 0.15) is 46.6 Å². The van der Waals surface area contributed by atoms with Gasteiger partial charge in [0.2, 0.25) is 0 Å². The van der Waals surface area contributed by atoms with Crippen LogP contribution < -0.4 is 4.90 Å². The summed E-state index contributed by atoms with van der Waals surface area (Å²) in [5, 5.41) is -2.94. The first-order valence-corrected chi connectivity index (χ1v) is 15.7. The molecule has 0 aliphatic carbocycles. The summed E-state index contributed by atoms with van der Waals surface area (Å²) in [5.74, 6) is 0. The fourth-order valence-electron chi connectivity index (χ4n) is 5.80. The van der Waals surface area contributed by atoms with Gasteiger partial charge in [0, 0.05) is 38.5 Å². The smallest absolute Gasteiger partial charge is 0.143 e. The Kier molecular flexibility index (Phi) is 3.03. The van der Waals surface area contributed by atoms with Crippen LogP contribution in [0.4, 0.5) is 17.1 Å². The largest absolute Gasteiger partial charge is 0.455 e. The van der Waals surface area contributed by atoms with Gasteiger partial charge in [-0.3, -0.25) is 0 Å². The van der Waals surface area contributed by atoms with E-state index in [9.17, 15) is 16.4 Å². The first-order chi connectivity index (χ1) is 40.9. The molecular weight excluding hydrogens is 655 g/mol. The molecule has 54 heavy (non-hydrogen) atoms. The monoisotopic (exact) mass is 723 g/mol. The van der Waals surface area contributed by atoms with E-state index in [2.05, 4.69) is 0 Å². The number of anilines is 3. The quantitative estimate of drug-likeness (QED) is 0.163. The molecule has 2 heteroatoms. The van der Waals surface area contributed by atoms with Crippen molar-refractivity contribution in [1.29, 1.82) is 0 Å². The molecule has 10 aromatic rings. The van der Waals surface area contributed by atoms with Crippen LogP contribution in [0.2, 0.25) is 0 Å². The lowest BCUT2D eigenvalue weighted by molar-refractivity contribution is 0.674. The van der Waals surface area contributed by atoms with E-state index in [0.29, 0.717) is 4.90 Å². The molecule has 0 saturated heterocycles. The molecule has 0 aliphatic rings. The summed E-state index contributed by atoms with van der Waals surface area (Å²) in [7, 11) is 0. The molecule has 1 aromatic heterocycles.